The Morgan fingerprint density at radius 3 is 2.47 bits per heavy atom. The summed E-state index contributed by atoms with van der Waals surface area (Å²) in [6.07, 6.45) is 3.31. The second-order valence-electron chi connectivity index (χ2n) is 7.12. The van der Waals surface area contributed by atoms with Crippen LogP contribution in [0.2, 0.25) is 5.02 Å². The number of hydrogen-bond donors (Lipinski definition) is 1. The molecule has 1 amide bonds. The van der Waals surface area contributed by atoms with Gasteiger partial charge >= 0.3 is 6.01 Å². The third-order valence-corrected chi connectivity index (χ3v) is 5.84. The summed E-state index contributed by atoms with van der Waals surface area (Å²) in [6, 6.07) is 18.5. The van der Waals surface area contributed by atoms with Gasteiger partial charge in [0.25, 0.3) is 5.24 Å². The van der Waals surface area contributed by atoms with Crippen molar-refractivity contribution in [3.63, 3.8) is 0 Å². The minimum atomic E-state index is -0.471. The lowest BCUT2D eigenvalue weighted by Gasteiger charge is -2.11. The Morgan fingerprint density at radius 2 is 1.71 bits per heavy atom. The first-order chi connectivity index (χ1) is 16.6. The number of aromatic nitrogens is 6. The number of carbonyl (C=O) groups excluding carboxylic acids is 1. The molecule has 11 heteroatoms. The standard InChI is InChI=1S/C23H16ClN7O2S/c1-14-6-8-16(9-7-14)20-28-29-21(33-20)26-23(32)34-22-30-27-19(15-10-12-25-13-11-15)31(22)18-5-3-2-4-17(18)24/h2-13H,1H3,(H,26,29,32). The Kier molecular flexibility index (Phi) is 6.07. The third kappa shape index (κ3) is 4.54. The Labute approximate surface area is 203 Å². The van der Waals surface area contributed by atoms with Gasteiger partial charge in [0, 0.05) is 35.3 Å². The lowest BCUT2D eigenvalue weighted by atomic mass is 10.1. The molecule has 9 nitrogen and oxygen atoms in total. The average Bonchev–Trinajstić information content (AvgIpc) is 3.48. The van der Waals surface area contributed by atoms with E-state index in [1.807, 2.05) is 49.4 Å². The highest BCUT2D eigenvalue weighted by molar-refractivity contribution is 8.13. The number of hydrogen-bond acceptors (Lipinski definition) is 8. The molecule has 1 N–H and O–H groups in total. The number of benzene rings is 2. The molecule has 5 rings (SSSR count). The van der Waals surface area contributed by atoms with E-state index in [1.54, 1.807) is 35.2 Å². The van der Waals surface area contributed by atoms with Gasteiger partial charge in [-0.25, -0.2) is 0 Å². The third-order valence-electron chi connectivity index (χ3n) is 4.78. The number of anilines is 1. The molecule has 0 fully saturated rings. The molecule has 0 unspecified atom stereocenters. The predicted octanol–water partition coefficient (Wildman–Crippen LogP) is 5.67. The van der Waals surface area contributed by atoms with Gasteiger partial charge in [-0.1, -0.05) is 46.5 Å². The molecule has 0 radical (unpaired) electrons. The fourth-order valence-corrected chi connectivity index (χ4v) is 4.04. The van der Waals surface area contributed by atoms with Crippen molar-refractivity contribution >= 4 is 34.6 Å². The maximum Gasteiger partial charge on any atom is 0.323 e. The Hall–Kier alpha value is -4.02. The van der Waals surface area contributed by atoms with Crippen LogP contribution < -0.4 is 5.32 Å². The van der Waals surface area contributed by atoms with Crippen molar-refractivity contribution < 1.29 is 9.21 Å². The van der Waals surface area contributed by atoms with Crippen LogP contribution >= 0.6 is 23.4 Å². The van der Waals surface area contributed by atoms with Crippen LogP contribution in [0.4, 0.5) is 10.8 Å². The molecule has 0 bridgehead atoms. The van der Waals surface area contributed by atoms with Gasteiger partial charge in [0.2, 0.25) is 11.0 Å². The normalized spacial score (nSPS) is 10.9. The van der Waals surface area contributed by atoms with Gasteiger partial charge in [0.15, 0.2) is 5.82 Å². The topological polar surface area (TPSA) is 112 Å². The molecule has 0 spiro atoms. The van der Waals surface area contributed by atoms with Crippen molar-refractivity contribution in [2.45, 2.75) is 12.1 Å². The summed E-state index contributed by atoms with van der Waals surface area (Å²) >= 11 is 7.28. The molecule has 3 heterocycles. The van der Waals surface area contributed by atoms with E-state index in [0.717, 1.165) is 28.5 Å². The fourth-order valence-electron chi connectivity index (χ4n) is 3.16. The summed E-state index contributed by atoms with van der Waals surface area (Å²) in [7, 11) is 0. The van der Waals surface area contributed by atoms with E-state index in [4.69, 9.17) is 16.0 Å². The zero-order valence-corrected chi connectivity index (χ0v) is 19.3. The average molecular weight is 490 g/mol. The van der Waals surface area contributed by atoms with E-state index in [-0.39, 0.29) is 6.01 Å². The van der Waals surface area contributed by atoms with Crippen LogP contribution in [-0.4, -0.2) is 35.2 Å². The monoisotopic (exact) mass is 489 g/mol. The van der Waals surface area contributed by atoms with Crippen LogP contribution in [0, 0.1) is 6.92 Å². The summed E-state index contributed by atoms with van der Waals surface area (Å²) in [5, 5.41) is 19.3. The quantitative estimate of drug-likeness (QED) is 0.314. The number of halogens is 1. The molecule has 0 saturated carbocycles. The van der Waals surface area contributed by atoms with Gasteiger partial charge in [-0.2, -0.15) is 0 Å². The number of carbonyl (C=O) groups is 1. The van der Waals surface area contributed by atoms with E-state index < -0.39 is 5.24 Å². The SMILES string of the molecule is Cc1ccc(-c2nnc(NC(=O)Sc3nnc(-c4ccncc4)n3-c3ccccc3Cl)o2)cc1. The van der Waals surface area contributed by atoms with Crippen molar-refractivity contribution in [3.8, 4) is 28.5 Å². The summed E-state index contributed by atoms with van der Waals surface area (Å²) in [4.78, 5) is 16.8. The van der Waals surface area contributed by atoms with E-state index >= 15 is 0 Å². The molecule has 34 heavy (non-hydrogen) atoms. The number of para-hydroxylation sites is 1. The second kappa shape index (κ2) is 9.46. The summed E-state index contributed by atoms with van der Waals surface area (Å²) in [5.74, 6) is 0.824. The molecule has 2 aromatic carbocycles. The molecular weight excluding hydrogens is 474 g/mol. The maximum absolute atomic E-state index is 12.8. The number of nitrogens with one attached hydrogen (secondary N) is 1. The predicted molar refractivity (Wildman–Crippen MR) is 129 cm³/mol. The van der Waals surface area contributed by atoms with Gasteiger partial charge in [-0.05, 0) is 43.3 Å². The van der Waals surface area contributed by atoms with Crippen molar-refractivity contribution in [3.05, 3.63) is 83.6 Å². The minimum absolute atomic E-state index is 0.0220. The zero-order valence-electron chi connectivity index (χ0n) is 17.7. The molecule has 3 aromatic heterocycles. The highest BCUT2D eigenvalue weighted by atomic mass is 35.5. The van der Waals surface area contributed by atoms with E-state index in [1.165, 1.54) is 0 Å². The van der Waals surface area contributed by atoms with Gasteiger partial charge in [0.1, 0.15) is 0 Å². The number of amides is 1. The first kappa shape index (κ1) is 21.8. The molecular formula is C23H16ClN7O2S. The highest BCUT2D eigenvalue weighted by Gasteiger charge is 2.21. The van der Waals surface area contributed by atoms with E-state index in [2.05, 4.69) is 30.7 Å². The largest absolute Gasteiger partial charge is 0.403 e. The number of rotatable bonds is 5. The first-order valence-corrected chi connectivity index (χ1v) is 11.3. The van der Waals surface area contributed by atoms with Crippen LogP contribution in [0.25, 0.3) is 28.5 Å². The van der Waals surface area contributed by atoms with Crippen LogP contribution in [0.3, 0.4) is 0 Å². The molecule has 0 aliphatic rings. The Balaban J connectivity index is 1.41. The van der Waals surface area contributed by atoms with Crippen molar-refractivity contribution in [2.75, 3.05) is 5.32 Å². The minimum Gasteiger partial charge on any atom is -0.403 e. The molecule has 0 aliphatic carbocycles. The number of nitrogens with zero attached hydrogens (tertiary/aromatic N) is 6. The lowest BCUT2D eigenvalue weighted by Crippen LogP contribution is -2.08. The first-order valence-electron chi connectivity index (χ1n) is 10.1. The van der Waals surface area contributed by atoms with Gasteiger partial charge in [-0.3, -0.25) is 19.7 Å². The second-order valence-corrected chi connectivity index (χ2v) is 8.47. The van der Waals surface area contributed by atoms with Crippen molar-refractivity contribution in [1.29, 1.82) is 0 Å². The van der Waals surface area contributed by atoms with Crippen LogP contribution in [0.15, 0.2) is 82.6 Å². The Morgan fingerprint density at radius 1 is 0.941 bits per heavy atom. The molecule has 0 atom stereocenters. The summed E-state index contributed by atoms with van der Waals surface area (Å²) in [5.41, 5.74) is 3.28. The van der Waals surface area contributed by atoms with Gasteiger partial charge < -0.3 is 4.42 Å². The fraction of sp³-hybridized carbons (Fsp3) is 0.0435. The van der Waals surface area contributed by atoms with Crippen LogP contribution in [0.1, 0.15) is 5.56 Å². The lowest BCUT2D eigenvalue weighted by molar-refractivity contribution is 0.269. The maximum atomic E-state index is 12.8. The summed E-state index contributed by atoms with van der Waals surface area (Å²) < 4.78 is 7.30. The number of thioether (sulfide) groups is 1. The molecule has 5 aromatic rings. The van der Waals surface area contributed by atoms with Crippen molar-refractivity contribution in [1.82, 2.24) is 29.9 Å². The van der Waals surface area contributed by atoms with E-state index in [0.29, 0.717) is 27.6 Å². The number of pyridine rings is 1. The van der Waals surface area contributed by atoms with Crippen LogP contribution in [0.5, 0.6) is 0 Å². The zero-order chi connectivity index (χ0) is 23.5. The number of aryl methyl sites for hydroxylation is 1. The smallest absolute Gasteiger partial charge is 0.323 e. The molecule has 0 saturated heterocycles. The van der Waals surface area contributed by atoms with E-state index in [9.17, 15) is 4.79 Å². The highest BCUT2D eigenvalue weighted by Crippen LogP contribution is 2.32. The summed E-state index contributed by atoms with van der Waals surface area (Å²) in [6.45, 7) is 1.99. The van der Waals surface area contributed by atoms with Gasteiger partial charge in [-0.15, -0.1) is 15.3 Å². The van der Waals surface area contributed by atoms with Crippen molar-refractivity contribution in [2.24, 2.45) is 0 Å². The Bertz CT molecular complexity index is 1450. The van der Waals surface area contributed by atoms with Gasteiger partial charge in [0.05, 0.1) is 10.7 Å². The molecule has 0 aliphatic heterocycles. The molecule has 168 valence electrons. The van der Waals surface area contributed by atoms with Crippen LogP contribution in [-0.2, 0) is 0 Å².